The summed E-state index contributed by atoms with van der Waals surface area (Å²) in [5.41, 5.74) is 3.60. The summed E-state index contributed by atoms with van der Waals surface area (Å²) in [6.07, 6.45) is 0. The second-order valence-corrected chi connectivity index (χ2v) is 9.14. The van der Waals surface area contributed by atoms with Crippen LogP contribution in [-0.4, -0.2) is 28.7 Å². The normalized spacial score (nSPS) is 15.1. The number of aromatic amines is 1. The van der Waals surface area contributed by atoms with E-state index in [0.29, 0.717) is 27.0 Å². The molecule has 4 aromatic rings. The monoisotopic (exact) mass is 497 g/mol. The zero-order valence-corrected chi connectivity index (χ0v) is 19.7. The summed E-state index contributed by atoms with van der Waals surface area (Å²) in [7, 11) is 0. The third-order valence-electron chi connectivity index (χ3n) is 5.44. The number of thiophene rings is 1. The molecule has 3 heterocycles. The molecule has 0 bridgehead atoms. The number of nitrogens with one attached hydrogen (secondary N) is 1. The number of anilines is 1. The van der Waals surface area contributed by atoms with E-state index in [1.54, 1.807) is 59.6 Å². The van der Waals surface area contributed by atoms with Gasteiger partial charge >= 0.3 is 5.97 Å². The number of H-pyrrole nitrogens is 1. The Morgan fingerprint density at radius 2 is 1.97 bits per heavy atom. The summed E-state index contributed by atoms with van der Waals surface area (Å²) in [6.45, 7) is 2.04. The van der Waals surface area contributed by atoms with Crippen LogP contribution in [0.4, 0.5) is 5.69 Å². The summed E-state index contributed by atoms with van der Waals surface area (Å²) >= 11 is 14.3. The molecule has 2 aromatic carbocycles. The quantitative estimate of drug-likeness (QED) is 0.325. The number of carbonyl (C=O) groups is 2. The fourth-order valence-corrected chi connectivity index (χ4v) is 5.25. The van der Waals surface area contributed by atoms with Gasteiger partial charge in [-0.1, -0.05) is 35.3 Å². The number of nitrogens with zero attached hydrogens (tertiary/aromatic N) is 2. The average molecular weight is 498 g/mol. The fraction of sp³-hybridized carbons (Fsp3) is 0.125. The lowest BCUT2D eigenvalue weighted by Crippen LogP contribution is -2.29. The van der Waals surface area contributed by atoms with Crippen molar-refractivity contribution < 1.29 is 14.3 Å². The van der Waals surface area contributed by atoms with Gasteiger partial charge in [0.05, 0.1) is 28.8 Å². The highest BCUT2D eigenvalue weighted by Crippen LogP contribution is 2.47. The van der Waals surface area contributed by atoms with Crippen molar-refractivity contribution in [3.8, 4) is 10.6 Å². The molecule has 0 unspecified atom stereocenters. The molecule has 0 spiro atoms. The van der Waals surface area contributed by atoms with Crippen LogP contribution < -0.4 is 4.90 Å². The molecule has 1 amide bonds. The lowest BCUT2D eigenvalue weighted by atomic mass is 9.97. The second kappa shape index (κ2) is 8.67. The second-order valence-electron chi connectivity index (χ2n) is 7.35. The van der Waals surface area contributed by atoms with Crippen molar-refractivity contribution in [2.24, 2.45) is 0 Å². The molecule has 2 aromatic heterocycles. The van der Waals surface area contributed by atoms with E-state index in [1.165, 1.54) is 0 Å². The first-order chi connectivity index (χ1) is 16.0. The van der Waals surface area contributed by atoms with E-state index in [0.717, 1.165) is 21.7 Å². The Morgan fingerprint density at radius 1 is 1.18 bits per heavy atom. The fourth-order valence-electron chi connectivity index (χ4n) is 4.01. The Morgan fingerprint density at radius 3 is 2.64 bits per heavy atom. The topological polar surface area (TPSA) is 75.3 Å². The first-order valence-electron chi connectivity index (χ1n) is 10.2. The van der Waals surface area contributed by atoms with E-state index in [1.807, 2.05) is 23.6 Å². The summed E-state index contributed by atoms with van der Waals surface area (Å²) < 4.78 is 5.06. The van der Waals surface area contributed by atoms with Gasteiger partial charge in [-0.15, -0.1) is 11.3 Å². The van der Waals surface area contributed by atoms with Crippen molar-refractivity contribution in [1.29, 1.82) is 0 Å². The molecule has 1 aliphatic heterocycles. The molecule has 0 saturated heterocycles. The number of aromatic nitrogens is 2. The molecule has 1 atom stereocenters. The van der Waals surface area contributed by atoms with Crippen LogP contribution in [0, 0.1) is 0 Å². The zero-order chi connectivity index (χ0) is 23.1. The maximum atomic E-state index is 13.5. The molecule has 0 aliphatic carbocycles. The molecule has 5 rings (SSSR count). The van der Waals surface area contributed by atoms with Crippen LogP contribution in [0.5, 0.6) is 0 Å². The van der Waals surface area contributed by atoms with Gasteiger partial charge in [-0.05, 0) is 60.3 Å². The molecular weight excluding hydrogens is 481 g/mol. The number of amides is 1. The number of esters is 1. The molecule has 166 valence electrons. The van der Waals surface area contributed by atoms with Crippen molar-refractivity contribution in [2.75, 3.05) is 11.5 Å². The lowest BCUT2D eigenvalue weighted by Gasteiger charge is -2.27. The Hall–Kier alpha value is -3.13. The van der Waals surface area contributed by atoms with Gasteiger partial charge in [0.2, 0.25) is 0 Å². The highest BCUT2D eigenvalue weighted by atomic mass is 35.5. The first-order valence-corrected chi connectivity index (χ1v) is 11.8. The molecule has 9 heteroatoms. The van der Waals surface area contributed by atoms with E-state index in [4.69, 9.17) is 27.9 Å². The van der Waals surface area contributed by atoms with Crippen molar-refractivity contribution in [3.05, 3.63) is 92.4 Å². The van der Waals surface area contributed by atoms with Crippen LogP contribution in [0.3, 0.4) is 0 Å². The van der Waals surface area contributed by atoms with E-state index in [-0.39, 0.29) is 12.5 Å². The van der Waals surface area contributed by atoms with Crippen molar-refractivity contribution in [2.45, 2.75) is 13.0 Å². The van der Waals surface area contributed by atoms with Crippen molar-refractivity contribution >= 4 is 52.1 Å². The van der Waals surface area contributed by atoms with Crippen LogP contribution in [0.1, 0.15) is 44.9 Å². The standard InChI is InChI=1S/C24H17Cl2N3O3S/c1-2-32-24(31)13-5-8-15(9-6-13)29-22(16-10-7-14(25)12-17(16)26)19-20(18-4-3-11-33-18)27-28-21(19)23(29)30/h3-12,22H,2H2,1H3,(H,27,28)/t22-/m1/s1. The minimum absolute atomic E-state index is 0.260. The van der Waals surface area contributed by atoms with E-state index in [2.05, 4.69) is 10.2 Å². The highest BCUT2D eigenvalue weighted by Gasteiger charge is 2.44. The number of hydrogen-bond donors (Lipinski definition) is 1. The molecule has 1 N–H and O–H groups in total. The SMILES string of the molecule is CCOC(=O)c1ccc(N2C(=O)c3n[nH]c(-c4cccs4)c3[C@H]2c2ccc(Cl)cc2Cl)cc1. The number of ether oxygens (including phenoxy) is 1. The Labute approximate surface area is 203 Å². The molecule has 0 saturated carbocycles. The summed E-state index contributed by atoms with van der Waals surface area (Å²) in [5.74, 6) is -0.675. The maximum Gasteiger partial charge on any atom is 0.338 e. The van der Waals surface area contributed by atoms with Gasteiger partial charge < -0.3 is 4.74 Å². The number of rotatable bonds is 5. The number of halogens is 2. The van der Waals surface area contributed by atoms with E-state index >= 15 is 0 Å². The number of hydrogen-bond acceptors (Lipinski definition) is 5. The predicted molar refractivity (Wildman–Crippen MR) is 129 cm³/mol. The molecule has 0 radical (unpaired) electrons. The number of carbonyl (C=O) groups excluding carboxylic acids is 2. The Bertz CT molecular complexity index is 1350. The molecular formula is C24H17Cl2N3O3S. The van der Waals surface area contributed by atoms with Gasteiger partial charge in [-0.2, -0.15) is 5.10 Å². The van der Waals surface area contributed by atoms with Gasteiger partial charge in [0.1, 0.15) is 0 Å². The van der Waals surface area contributed by atoms with Gasteiger partial charge in [0, 0.05) is 21.3 Å². The molecule has 1 aliphatic rings. The van der Waals surface area contributed by atoms with Crippen molar-refractivity contribution in [1.82, 2.24) is 10.2 Å². The third kappa shape index (κ3) is 3.72. The van der Waals surface area contributed by atoms with Crippen LogP contribution in [-0.2, 0) is 4.74 Å². The van der Waals surface area contributed by atoms with Gasteiger partial charge in [0.25, 0.3) is 5.91 Å². The van der Waals surface area contributed by atoms with Crippen LogP contribution in [0.15, 0.2) is 60.0 Å². The molecule has 0 fully saturated rings. The van der Waals surface area contributed by atoms with Gasteiger partial charge in [-0.3, -0.25) is 14.8 Å². The zero-order valence-electron chi connectivity index (χ0n) is 17.3. The highest BCUT2D eigenvalue weighted by molar-refractivity contribution is 7.13. The third-order valence-corrected chi connectivity index (χ3v) is 6.89. The minimum Gasteiger partial charge on any atom is -0.462 e. The predicted octanol–water partition coefficient (Wildman–Crippen LogP) is 6.37. The van der Waals surface area contributed by atoms with Gasteiger partial charge in [0.15, 0.2) is 5.69 Å². The molecule has 6 nitrogen and oxygen atoms in total. The van der Waals surface area contributed by atoms with Crippen molar-refractivity contribution in [3.63, 3.8) is 0 Å². The summed E-state index contributed by atoms with van der Waals surface area (Å²) in [6, 6.07) is 15.4. The van der Waals surface area contributed by atoms with Gasteiger partial charge in [-0.25, -0.2) is 4.79 Å². The smallest absolute Gasteiger partial charge is 0.338 e. The van der Waals surface area contributed by atoms with Crippen LogP contribution in [0.25, 0.3) is 10.6 Å². The number of fused-ring (bicyclic) bond motifs is 1. The largest absolute Gasteiger partial charge is 0.462 e. The van der Waals surface area contributed by atoms with E-state index in [9.17, 15) is 9.59 Å². The summed E-state index contributed by atoms with van der Waals surface area (Å²) in [5, 5.41) is 10.3. The summed E-state index contributed by atoms with van der Waals surface area (Å²) in [4.78, 5) is 28.2. The Kier molecular flexibility index (Phi) is 5.70. The minimum atomic E-state index is -0.526. The maximum absolute atomic E-state index is 13.5. The van der Waals surface area contributed by atoms with Crippen LogP contribution >= 0.6 is 34.5 Å². The van der Waals surface area contributed by atoms with E-state index < -0.39 is 12.0 Å². The Balaban J connectivity index is 1.65. The molecule has 33 heavy (non-hydrogen) atoms. The average Bonchev–Trinajstić information content (AvgIpc) is 3.52. The van der Waals surface area contributed by atoms with Crippen LogP contribution in [0.2, 0.25) is 10.0 Å². The first kappa shape index (κ1) is 21.7. The number of benzene rings is 2. The lowest BCUT2D eigenvalue weighted by molar-refractivity contribution is 0.0526.